The highest BCUT2D eigenvalue weighted by Crippen LogP contribution is 2.57. The summed E-state index contributed by atoms with van der Waals surface area (Å²) in [6, 6.07) is 7.02. The Hall–Kier alpha value is -2.76. The number of carboxylic acid groups (broad SMARTS) is 2. The average Bonchev–Trinajstić information content (AvgIpc) is 2.47. The predicted octanol–water partition coefficient (Wildman–Crippen LogP) is 1.76. The van der Waals surface area contributed by atoms with Crippen molar-refractivity contribution in [1.29, 1.82) is 0 Å². The van der Waals surface area contributed by atoms with Crippen molar-refractivity contribution in [3.05, 3.63) is 60.2 Å². The maximum absolute atomic E-state index is 11.6. The second-order valence-electron chi connectivity index (χ2n) is 5.35. The topological polar surface area (TPSA) is 100 Å². The third-order valence-corrected chi connectivity index (χ3v) is 4.26. The molecule has 1 aliphatic carbocycles. The number of carbonyl (C=O) groups is 2. The number of rotatable bonds is 4. The first-order valence-corrected chi connectivity index (χ1v) is 6.86. The lowest BCUT2D eigenvalue weighted by molar-refractivity contribution is -0.164. The van der Waals surface area contributed by atoms with E-state index in [9.17, 15) is 19.8 Å². The monoisotopic (exact) mass is 298 g/mol. The van der Waals surface area contributed by atoms with E-state index in [1.807, 2.05) is 0 Å². The molecule has 0 aliphatic heterocycles. The number of nitrogens with zero attached hydrogens (tertiary/aromatic N) is 2. The molecule has 112 valence electrons. The minimum atomic E-state index is -1.10. The van der Waals surface area contributed by atoms with E-state index < -0.39 is 35.6 Å². The Kier molecular flexibility index (Phi) is 3.58. The molecule has 22 heavy (non-hydrogen) atoms. The van der Waals surface area contributed by atoms with Crippen molar-refractivity contribution in [3.8, 4) is 0 Å². The SMILES string of the molecule is O=C(O)[C@@H]1[C@H](C(=O)O)[C@@H](c2cccnc2)[C@H]1c1cccnc1. The van der Waals surface area contributed by atoms with Gasteiger partial charge in [-0.05, 0) is 23.3 Å². The van der Waals surface area contributed by atoms with Crippen molar-refractivity contribution in [1.82, 2.24) is 9.97 Å². The van der Waals surface area contributed by atoms with Gasteiger partial charge in [0.2, 0.25) is 0 Å². The zero-order chi connectivity index (χ0) is 15.7. The van der Waals surface area contributed by atoms with E-state index in [-0.39, 0.29) is 0 Å². The van der Waals surface area contributed by atoms with Gasteiger partial charge in [-0.2, -0.15) is 0 Å². The summed E-state index contributed by atoms with van der Waals surface area (Å²) in [5.74, 6) is -4.96. The van der Waals surface area contributed by atoms with E-state index in [0.29, 0.717) is 0 Å². The molecule has 2 N–H and O–H groups in total. The van der Waals surface area contributed by atoms with Gasteiger partial charge in [-0.1, -0.05) is 12.1 Å². The quantitative estimate of drug-likeness (QED) is 0.892. The summed E-state index contributed by atoms with van der Waals surface area (Å²) >= 11 is 0. The molecule has 1 aliphatic rings. The fourth-order valence-electron chi connectivity index (χ4n) is 3.34. The highest BCUT2D eigenvalue weighted by atomic mass is 16.4. The lowest BCUT2D eigenvalue weighted by Crippen LogP contribution is -2.51. The largest absolute Gasteiger partial charge is 0.481 e. The van der Waals surface area contributed by atoms with Crippen molar-refractivity contribution < 1.29 is 19.8 Å². The molecule has 1 fully saturated rings. The number of carboxylic acids is 2. The number of aliphatic carboxylic acids is 2. The molecule has 0 spiro atoms. The molecule has 0 bridgehead atoms. The molecule has 2 heterocycles. The van der Waals surface area contributed by atoms with E-state index in [1.165, 1.54) is 0 Å². The highest BCUT2D eigenvalue weighted by molar-refractivity contribution is 5.85. The van der Waals surface area contributed by atoms with Gasteiger partial charge < -0.3 is 10.2 Å². The van der Waals surface area contributed by atoms with Crippen LogP contribution in [0.1, 0.15) is 23.0 Å². The Morgan fingerprint density at radius 1 is 0.818 bits per heavy atom. The van der Waals surface area contributed by atoms with Crippen LogP contribution in [0.15, 0.2) is 49.1 Å². The van der Waals surface area contributed by atoms with Gasteiger partial charge >= 0.3 is 11.9 Å². The summed E-state index contributed by atoms with van der Waals surface area (Å²) < 4.78 is 0. The Labute approximate surface area is 126 Å². The Balaban J connectivity index is 2.07. The maximum atomic E-state index is 11.6. The summed E-state index contributed by atoms with van der Waals surface area (Å²) in [4.78, 5) is 31.2. The van der Waals surface area contributed by atoms with Crippen molar-refractivity contribution in [2.24, 2.45) is 11.8 Å². The fraction of sp³-hybridized carbons (Fsp3) is 0.250. The van der Waals surface area contributed by atoms with Gasteiger partial charge in [-0.25, -0.2) is 0 Å². The molecule has 3 rings (SSSR count). The van der Waals surface area contributed by atoms with Gasteiger partial charge in [0.15, 0.2) is 0 Å². The van der Waals surface area contributed by atoms with Crippen LogP contribution in [0.3, 0.4) is 0 Å². The molecule has 0 radical (unpaired) electrons. The van der Waals surface area contributed by atoms with Crippen LogP contribution in [0.4, 0.5) is 0 Å². The number of hydrogen-bond donors (Lipinski definition) is 2. The van der Waals surface area contributed by atoms with Crippen LogP contribution < -0.4 is 0 Å². The standard InChI is InChI=1S/C16H14N2O4/c19-15(20)13-11(9-3-1-5-17-7-9)12(14(13)16(21)22)10-4-2-6-18-8-10/h1-8,11-14H,(H,19,20)(H,21,22)/t11-,12+,13+,14-. The Morgan fingerprint density at radius 3 is 1.50 bits per heavy atom. The van der Waals surface area contributed by atoms with Gasteiger partial charge in [-0.15, -0.1) is 0 Å². The average molecular weight is 298 g/mol. The second kappa shape index (κ2) is 5.55. The van der Waals surface area contributed by atoms with Crippen LogP contribution in [0.25, 0.3) is 0 Å². The van der Waals surface area contributed by atoms with Gasteiger partial charge in [0, 0.05) is 36.6 Å². The van der Waals surface area contributed by atoms with E-state index in [4.69, 9.17) is 0 Å². The second-order valence-corrected chi connectivity index (χ2v) is 5.35. The van der Waals surface area contributed by atoms with Crippen LogP contribution in [0, 0.1) is 11.8 Å². The molecule has 2 aromatic rings. The number of hydrogen-bond acceptors (Lipinski definition) is 4. The molecule has 4 atom stereocenters. The fourth-order valence-corrected chi connectivity index (χ4v) is 3.34. The smallest absolute Gasteiger partial charge is 0.308 e. The van der Waals surface area contributed by atoms with Gasteiger partial charge in [0.05, 0.1) is 11.8 Å². The zero-order valence-corrected chi connectivity index (χ0v) is 11.5. The lowest BCUT2D eigenvalue weighted by atomic mass is 9.53. The van der Waals surface area contributed by atoms with Crippen molar-refractivity contribution >= 4 is 11.9 Å². The molecule has 1 saturated carbocycles. The normalized spacial score (nSPS) is 26.9. The maximum Gasteiger partial charge on any atom is 0.308 e. The third-order valence-electron chi connectivity index (χ3n) is 4.26. The molecule has 0 saturated heterocycles. The van der Waals surface area contributed by atoms with Crippen LogP contribution in [0.5, 0.6) is 0 Å². The van der Waals surface area contributed by atoms with E-state index >= 15 is 0 Å². The van der Waals surface area contributed by atoms with Crippen LogP contribution in [0.2, 0.25) is 0 Å². The third kappa shape index (κ3) is 2.22. The van der Waals surface area contributed by atoms with Crippen LogP contribution in [-0.2, 0) is 9.59 Å². The van der Waals surface area contributed by atoms with Crippen LogP contribution in [-0.4, -0.2) is 32.1 Å². The summed E-state index contributed by atoms with van der Waals surface area (Å²) in [6.07, 6.45) is 6.40. The molecule has 0 amide bonds. The first-order valence-electron chi connectivity index (χ1n) is 6.86. The van der Waals surface area contributed by atoms with E-state index in [2.05, 4.69) is 9.97 Å². The summed E-state index contributed by atoms with van der Waals surface area (Å²) in [5.41, 5.74) is 1.47. The highest BCUT2D eigenvalue weighted by Gasteiger charge is 2.58. The molecule has 6 heteroatoms. The Morgan fingerprint density at radius 2 is 1.23 bits per heavy atom. The van der Waals surface area contributed by atoms with Gasteiger partial charge in [-0.3, -0.25) is 19.6 Å². The first-order chi connectivity index (χ1) is 10.6. The lowest BCUT2D eigenvalue weighted by Gasteiger charge is -2.48. The van der Waals surface area contributed by atoms with Crippen molar-refractivity contribution in [3.63, 3.8) is 0 Å². The molecule has 0 unspecified atom stereocenters. The summed E-state index contributed by atoms with van der Waals surface area (Å²) in [5, 5.41) is 18.9. The molecule has 0 aromatic carbocycles. The minimum absolute atomic E-state index is 0.420. The van der Waals surface area contributed by atoms with Crippen molar-refractivity contribution in [2.75, 3.05) is 0 Å². The summed E-state index contributed by atoms with van der Waals surface area (Å²) in [6.45, 7) is 0. The minimum Gasteiger partial charge on any atom is -0.481 e. The summed E-state index contributed by atoms with van der Waals surface area (Å²) in [7, 11) is 0. The van der Waals surface area contributed by atoms with Crippen molar-refractivity contribution in [2.45, 2.75) is 11.8 Å². The molecule has 6 nitrogen and oxygen atoms in total. The van der Waals surface area contributed by atoms with E-state index in [0.717, 1.165) is 11.1 Å². The van der Waals surface area contributed by atoms with E-state index in [1.54, 1.807) is 49.1 Å². The molecular weight excluding hydrogens is 284 g/mol. The molecule has 2 aromatic heterocycles. The molecular formula is C16H14N2O4. The first kappa shape index (κ1) is 14.2. The van der Waals surface area contributed by atoms with Gasteiger partial charge in [0.25, 0.3) is 0 Å². The Bertz CT molecular complexity index is 628. The number of aromatic nitrogens is 2. The van der Waals surface area contributed by atoms with Crippen LogP contribution >= 0.6 is 0 Å². The number of pyridine rings is 2. The van der Waals surface area contributed by atoms with Gasteiger partial charge in [0.1, 0.15) is 0 Å². The zero-order valence-electron chi connectivity index (χ0n) is 11.5. The predicted molar refractivity (Wildman–Crippen MR) is 76.2 cm³/mol.